The fraction of sp³-hybridized carbons (Fsp3) is 0.333. The summed E-state index contributed by atoms with van der Waals surface area (Å²) in [5.41, 5.74) is 9.06. The summed E-state index contributed by atoms with van der Waals surface area (Å²) in [6.45, 7) is 6.61. The van der Waals surface area contributed by atoms with Crippen LogP contribution in [0.3, 0.4) is 0 Å². The summed E-state index contributed by atoms with van der Waals surface area (Å²) in [5.74, 6) is -0.274. The molecule has 21 heavy (non-hydrogen) atoms. The fourth-order valence-corrected chi connectivity index (χ4v) is 2.66. The number of benzene rings is 2. The maximum Gasteiger partial charge on any atom is 0.128 e. The molecule has 1 nitrogen and oxygen atoms in total. The van der Waals surface area contributed by atoms with Crippen LogP contribution in [0.2, 0.25) is 0 Å². The van der Waals surface area contributed by atoms with E-state index in [9.17, 15) is 4.39 Å². The van der Waals surface area contributed by atoms with E-state index < -0.39 is 6.04 Å². The van der Waals surface area contributed by atoms with Crippen LogP contribution in [0.25, 0.3) is 0 Å². The minimum absolute atomic E-state index is 0.143. The minimum atomic E-state index is -0.457. The van der Waals surface area contributed by atoms with E-state index in [4.69, 9.17) is 5.73 Å². The summed E-state index contributed by atoms with van der Waals surface area (Å²) in [5, 5.41) is 0. The molecule has 112 valence electrons. The highest BCUT2D eigenvalue weighted by Gasteiger charge is 2.19. The Kier molecular flexibility index (Phi) is 4.84. The van der Waals surface area contributed by atoms with Crippen molar-refractivity contribution < 1.29 is 4.39 Å². The second-order valence-electron chi connectivity index (χ2n) is 6.00. The lowest BCUT2D eigenvalue weighted by atomic mass is 9.81. The molecule has 2 aromatic carbocycles. The van der Waals surface area contributed by atoms with Gasteiger partial charge in [0.25, 0.3) is 0 Å². The lowest BCUT2D eigenvalue weighted by Gasteiger charge is -2.24. The van der Waals surface area contributed by atoms with Gasteiger partial charge in [0.1, 0.15) is 5.82 Å². The minimum Gasteiger partial charge on any atom is -0.320 e. The van der Waals surface area contributed by atoms with E-state index in [0.29, 0.717) is 5.56 Å². The van der Waals surface area contributed by atoms with Crippen LogP contribution in [-0.2, 0) is 5.41 Å². The molecule has 0 amide bonds. The number of rotatable bonds is 4. The van der Waals surface area contributed by atoms with Crippen molar-refractivity contribution in [2.75, 3.05) is 0 Å². The maximum atomic E-state index is 13.9. The third kappa shape index (κ3) is 3.53. The van der Waals surface area contributed by atoms with Crippen LogP contribution < -0.4 is 5.73 Å². The quantitative estimate of drug-likeness (QED) is 0.793. The largest absolute Gasteiger partial charge is 0.320 e. The lowest BCUT2D eigenvalue weighted by Crippen LogP contribution is -2.17. The molecule has 0 aromatic heterocycles. The first-order valence-electron chi connectivity index (χ1n) is 7.16. The molecule has 0 bridgehead atoms. The summed E-state index contributed by atoms with van der Waals surface area (Å²) in [7, 11) is 0. The Morgan fingerprint density at radius 3 is 2.33 bits per heavy atom. The Balaban J connectivity index is 2.32. The van der Waals surface area contributed by atoms with E-state index in [1.54, 1.807) is 12.1 Å². The highest BCUT2D eigenvalue weighted by Crippen LogP contribution is 2.29. The summed E-state index contributed by atoms with van der Waals surface area (Å²) in [6.07, 6.45) is 1.07. The molecule has 0 heterocycles. The first-order chi connectivity index (χ1) is 9.85. The van der Waals surface area contributed by atoms with E-state index >= 15 is 0 Å². The SMILES string of the molecule is CCC(C)(C)c1ccc(C(N)c2cc(Br)ccc2F)cc1. The number of hydrogen-bond donors (Lipinski definition) is 1. The van der Waals surface area contributed by atoms with Gasteiger partial charge in [-0.2, -0.15) is 0 Å². The van der Waals surface area contributed by atoms with Gasteiger partial charge in [-0.05, 0) is 41.2 Å². The Morgan fingerprint density at radius 1 is 1.14 bits per heavy atom. The van der Waals surface area contributed by atoms with Crippen molar-refractivity contribution in [2.45, 2.75) is 38.6 Å². The van der Waals surface area contributed by atoms with Gasteiger partial charge in [-0.3, -0.25) is 0 Å². The van der Waals surface area contributed by atoms with Gasteiger partial charge in [0.2, 0.25) is 0 Å². The summed E-state index contributed by atoms with van der Waals surface area (Å²) >= 11 is 3.36. The fourth-order valence-electron chi connectivity index (χ4n) is 2.28. The standard InChI is InChI=1S/C18H21BrFN/c1-4-18(2,3)13-7-5-12(6-8-13)17(21)15-11-14(19)9-10-16(15)20/h5-11,17H,4,21H2,1-3H3. The number of nitrogens with two attached hydrogens (primary N) is 1. The zero-order chi connectivity index (χ0) is 15.6. The molecule has 0 fully saturated rings. The van der Waals surface area contributed by atoms with Crippen molar-refractivity contribution in [1.82, 2.24) is 0 Å². The third-order valence-corrected chi connectivity index (χ3v) is 4.72. The molecular weight excluding hydrogens is 329 g/mol. The number of halogens is 2. The molecule has 1 unspecified atom stereocenters. The second kappa shape index (κ2) is 6.29. The van der Waals surface area contributed by atoms with Crippen LogP contribution in [0, 0.1) is 5.82 Å². The first kappa shape index (κ1) is 16.2. The summed E-state index contributed by atoms with van der Waals surface area (Å²) < 4.78 is 14.8. The Bertz CT molecular complexity index is 620. The van der Waals surface area contributed by atoms with E-state index in [1.165, 1.54) is 11.6 Å². The van der Waals surface area contributed by atoms with Gasteiger partial charge in [-0.1, -0.05) is 61.0 Å². The first-order valence-corrected chi connectivity index (χ1v) is 7.95. The van der Waals surface area contributed by atoms with Gasteiger partial charge in [0.15, 0.2) is 0 Å². The smallest absolute Gasteiger partial charge is 0.128 e. The van der Waals surface area contributed by atoms with E-state index in [1.807, 2.05) is 12.1 Å². The van der Waals surface area contributed by atoms with Gasteiger partial charge in [-0.25, -0.2) is 4.39 Å². The monoisotopic (exact) mass is 349 g/mol. The molecular formula is C18H21BrFN. The number of hydrogen-bond acceptors (Lipinski definition) is 1. The molecule has 1 atom stereocenters. The van der Waals surface area contributed by atoms with Gasteiger partial charge in [-0.15, -0.1) is 0 Å². The Hall–Kier alpha value is -1.19. The van der Waals surface area contributed by atoms with Crippen molar-refractivity contribution in [3.05, 3.63) is 69.4 Å². The van der Waals surface area contributed by atoms with Crippen molar-refractivity contribution in [1.29, 1.82) is 0 Å². The van der Waals surface area contributed by atoms with E-state index in [0.717, 1.165) is 16.5 Å². The third-order valence-electron chi connectivity index (χ3n) is 4.23. The van der Waals surface area contributed by atoms with Gasteiger partial charge >= 0.3 is 0 Å². The molecule has 0 radical (unpaired) electrons. The van der Waals surface area contributed by atoms with Crippen molar-refractivity contribution in [3.8, 4) is 0 Å². The molecule has 0 saturated carbocycles. The second-order valence-corrected chi connectivity index (χ2v) is 6.92. The topological polar surface area (TPSA) is 26.0 Å². The Labute approximate surface area is 134 Å². The predicted molar refractivity (Wildman–Crippen MR) is 89.9 cm³/mol. The predicted octanol–water partition coefficient (Wildman–Crippen LogP) is 5.32. The van der Waals surface area contributed by atoms with Gasteiger partial charge in [0.05, 0.1) is 6.04 Å². The molecule has 0 saturated heterocycles. The van der Waals surface area contributed by atoms with Crippen LogP contribution in [0.5, 0.6) is 0 Å². The molecule has 0 spiro atoms. The van der Waals surface area contributed by atoms with Crippen molar-refractivity contribution in [3.63, 3.8) is 0 Å². The molecule has 0 aliphatic heterocycles. The van der Waals surface area contributed by atoms with Crippen LogP contribution in [0.4, 0.5) is 4.39 Å². The van der Waals surface area contributed by atoms with Crippen LogP contribution in [0.1, 0.15) is 49.9 Å². The molecule has 0 aliphatic rings. The lowest BCUT2D eigenvalue weighted by molar-refractivity contribution is 0.506. The zero-order valence-corrected chi connectivity index (χ0v) is 14.2. The molecule has 2 N–H and O–H groups in total. The average molecular weight is 350 g/mol. The molecule has 2 aromatic rings. The molecule has 2 rings (SSSR count). The summed E-state index contributed by atoms with van der Waals surface area (Å²) in [6, 6.07) is 12.6. The average Bonchev–Trinajstić information content (AvgIpc) is 2.49. The van der Waals surface area contributed by atoms with Crippen molar-refractivity contribution in [2.24, 2.45) is 5.73 Å². The highest BCUT2D eigenvalue weighted by atomic mass is 79.9. The van der Waals surface area contributed by atoms with Crippen LogP contribution >= 0.6 is 15.9 Å². The van der Waals surface area contributed by atoms with Crippen molar-refractivity contribution >= 4 is 15.9 Å². The molecule has 0 aliphatic carbocycles. The van der Waals surface area contributed by atoms with Crippen LogP contribution in [0.15, 0.2) is 46.9 Å². The maximum absolute atomic E-state index is 13.9. The van der Waals surface area contributed by atoms with Gasteiger partial charge in [0, 0.05) is 10.0 Å². The molecule has 3 heteroatoms. The normalized spacial score (nSPS) is 13.2. The van der Waals surface area contributed by atoms with E-state index in [-0.39, 0.29) is 11.2 Å². The van der Waals surface area contributed by atoms with Crippen LogP contribution in [-0.4, -0.2) is 0 Å². The summed E-state index contributed by atoms with van der Waals surface area (Å²) in [4.78, 5) is 0. The van der Waals surface area contributed by atoms with E-state index in [2.05, 4.69) is 48.8 Å². The highest BCUT2D eigenvalue weighted by molar-refractivity contribution is 9.10. The van der Waals surface area contributed by atoms with Gasteiger partial charge < -0.3 is 5.73 Å². The zero-order valence-electron chi connectivity index (χ0n) is 12.7. The Morgan fingerprint density at radius 2 is 1.76 bits per heavy atom.